The largest absolute Gasteiger partial charge is 0.504 e. The summed E-state index contributed by atoms with van der Waals surface area (Å²) in [7, 11) is 0. The normalized spacial score (nSPS) is 10.7. The quantitative estimate of drug-likeness (QED) is 0.196. The van der Waals surface area contributed by atoms with E-state index in [0.717, 1.165) is 0 Å². The topological polar surface area (TPSA) is 87.0 Å². The fraction of sp³-hybridized carbons (Fsp3) is 0. The van der Waals surface area contributed by atoms with Crippen LogP contribution in [-0.4, -0.2) is 21.3 Å². The molecule has 122 valence electrons. The summed E-state index contributed by atoms with van der Waals surface area (Å²) in [6.07, 6.45) is 0. The Morgan fingerprint density at radius 1 is 0.783 bits per heavy atom. The van der Waals surface area contributed by atoms with Gasteiger partial charge in [0.15, 0.2) is 17.2 Å². The van der Waals surface area contributed by atoms with E-state index < -0.39 is 63.6 Å². The van der Waals surface area contributed by atoms with Crippen LogP contribution in [0.1, 0.15) is 10.4 Å². The van der Waals surface area contributed by atoms with Crippen LogP contribution in [0.2, 0.25) is 0 Å². The number of phenols is 3. The molecule has 2 aromatic carbocycles. The first-order chi connectivity index (χ1) is 10.6. The van der Waals surface area contributed by atoms with Crippen LogP contribution in [0.5, 0.6) is 23.0 Å². The Kier molecular flexibility index (Phi) is 4.00. The van der Waals surface area contributed by atoms with Gasteiger partial charge in [0.2, 0.25) is 34.8 Å². The predicted octanol–water partition coefficient (Wildman–Crippen LogP) is 2.72. The molecule has 0 aliphatic carbocycles. The Morgan fingerprint density at radius 2 is 1.17 bits per heavy atom. The average molecular weight is 336 g/mol. The van der Waals surface area contributed by atoms with Gasteiger partial charge >= 0.3 is 5.97 Å². The number of aromatic hydroxyl groups is 3. The number of carbonyl (C=O) groups is 1. The van der Waals surface area contributed by atoms with Crippen molar-refractivity contribution in [1.29, 1.82) is 0 Å². The Balaban J connectivity index is 2.46. The Morgan fingerprint density at radius 3 is 1.61 bits per heavy atom. The molecule has 0 unspecified atom stereocenters. The molecule has 0 aliphatic heterocycles. The van der Waals surface area contributed by atoms with E-state index in [1.807, 2.05) is 0 Å². The molecule has 0 atom stereocenters. The van der Waals surface area contributed by atoms with E-state index in [2.05, 4.69) is 4.74 Å². The molecule has 0 amide bonds. The van der Waals surface area contributed by atoms with Gasteiger partial charge in [0.1, 0.15) is 0 Å². The van der Waals surface area contributed by atoms with E-state index in [1.165, 1.54) is 0 Å². The molecular weight excluding hydrogens is 331 g/mol. The summed E-state index contributed by atoms with van der Waals surface area (Å²) in [5.74, 6) is -18.3. The molecule has 23 heavy (non-hydrogen) atoms. The Bertz CT molecular complexity index is 769. The van der Waals surface area contributed by atoms with E-state index in [-0.39, 0.29) is 0 Å². The standard InChI is InChI=1S/C13H5F5O5/c14-6-7(15)9(17)12(10(18)8(6)16)23-13(22)3-1-4(19)11(21)5(20)2-3/h1-2,19-21H. The number of halogens is 5. The molecule has 0 heterocycles. The second-order valence-electron chi connectivity index (χ2n) is 4.15. The van der Waals surface area contributed by atoms with Gasteiger partial charge in [-0.1, -0.05) is 0 Å². The van der Waals surface area contributed by atoms with Gasteiger partial charge in [-0.25, -0.2) is 18.0 Å². The van der Waals surface area contributed by atoms with Crippen molar-refractivity contribution in [2.75, 3.05) is 0 Å². The minimum Gasteiger partial charge on any atom is -0.504 e. The molecule has 0 radical (unpaired) electrons. The molecule has 0 fully saturated rings. The monoisotopic (exact) mass is 336 g/mol. The van der Waals surface area contributed by atoms with Gasteiger partial charge in [-0.2, -0.15) is 8.78 Å². The Hall–Kier alpha value is -3.04. The SMILES string of the molecule is O=C(Oc1c(F)c(F)c(F)c(F)c1F)c1cc(O)c(O)c(O)c1. The average Bonchev–Trinajstić information content (AvgIpc) is 2.52. The molecule has 10 heteroatoms. The van der Waals surface area contributed by atoms with Crippen molar-refractivity contribution in [3.63, 3.8) is 0 Å². The van der Waals surface area contributed by atoms with Gasteiger partial charge in [-0.3, -0.25) is 0 Å². The van der Waals surface area contributed by atoms with Crippen molar-refractivity contribution in [3.8, 4) is 23.0 Å². The molecule has 0 aromatic heterocycles. The molecule has 3 N–H and O–H groups in total. The van der Waals surface area contributed by atoms with Crippen LogP contribution in [-0.2, 0) is 0 Å². The molecule has 5 nitrogen and oxygen atoms in total. The fourth-order valence-electron chi connectivity index (χ4n) is 1.55. The highest BCUT2D eigenvalue weighted by molar-refractivity contribution is 5.92. The molecule has 2 rings (SSSR count). The molecule has 2 aromatic rings. The lowest BCUT2D eigenvalue weighted by molar-refractivity contribution is 0.0715. The lowest BCUT2D eigenvalue weighted by atomic mass is 10.2. The summed E-state index contributed by atoms with van der Waals surface area (Å²) in [6.45, 7) is 0. The van der Waals surface area contributed by atoms with E-state index in [9.17, 15) is 37.0 Å². The smallest absolute Gasteiger partial charge is 0.344 e. The molecule has 0 saturated carbocycles. The fourth-order valence-corrected chi connectivity index (χ4v) is 1.55. The minimum absolute atomic E-state index is 0.545. The van der Waals surface area contributed by atoms with Crippen LogP contribution in [0.3, 0.4) is 0 Å². The Labute approximate surface area is 123 Å². The van der Waals surface area contributed by atoms with Crippen molar-refractivity contribution >= 4 is 5.97 Å². The molecule has 0 spiro atoms. The van der Waals surface area contributed by atoms with Crippen molar-refractivity contribution in [2.24, 2.45) is 0 Å². The summed E-state index contributed by atoms with van der Waals surface area (Å²) < 4.78 is 69.6. The van der Waals surface area contributed by atoms with Crippen LogP contribution in [0.25, 0.3) is 0 Å². The highest BCUT2D eigenvalue weighted by Crippen LogP contribution is 2.36. The van der Waals surface area contributed by atoms with Gasteiger partial charge in [-0.05, 0) is 12.1 Å². The van der Waals surface area contributed by atoms with Gasteiger partial charge in [0, 0.05) is 0 Å². The van der Waals surface area contributed by atoms with Crippen LogP contribution < -0.4 is 4.74 Å². The number of hydrogen-bond acceptors (Lipinski definition) is 5. The minimum atomic E-state index is -2.43. The summed E-state index contributed by atoms with van der Waals surface area (Å²) >= 11 is 0. The molecule has 0 bridgehead atoms. The second kappa shape index (κ2) is 5.63. The number of rotatable bonds is 2. The van der Waals surface area contributed by atoms with Crippen molar-refractivity contribution in [1.82, 2.24) is 0 Å². The predicted molar refractivity (Wildman–Crippen MR) is 62.6 cm³/mol. The van der Waals surface area contributed by atoms with Crippen molar-refractivity contribution in [2.45, 2.75) is 0 Å². The first-order valence-corrected chi connectivity index (χ1v) is 5.63. The van der Waals surface area contributed by atoms with E-state index in [0.29, 0.717) is 12.1 Å². The first-order valence-electron chi connectivity index (χ1n) is 5.63. The van der Waals surface area contributed by atoms with Gasteiger partial charge in [0.05, 0.1) is 5.56 Å². The number of esters is 1. The molecule has 0 aliphatic rings. The molecule has 0 saturated heterocycles. The van der Waals surface area contributed by atoms with E-state index in [1.54, 1.807) is 0 Å². The van der Waals surface area contributed by atoms with E-state index in [4.69, 9.17) is 5.11 Å². The number of hydrogen-bond donors (Lipinski definition) is 3. The maximum absolute atomic E-state index is 13.4. The van der Waals surface area contributed by atoms with Gasteiger partial charge in [-0.15, -0.1) is 0 Å². The lowest BCUT2D eigenvalue weighted by Gasteiger charge is -2.09. The highest BCUT2D eigenvalue weighted by atomic mass is 19.2. The zero-order valence-electron chi connectivity index (χ0n) is 10.7. The highest BCUT2D eigenvalue weighted by Gasteiger charge is 2.29. The van der Waals surface area contributed by atoms with Crippen LogP contribution in [0.15, 0.2) is 12.1 Å². The number of phenolic OH excluding ortho intramolecular Hbond substituents is 3. The number of carbonyl (C=O) groups excluding carboxylic acids is 1. The summed E-state index contributed by atoms with van der Waals surface area (Å²) in [4.78, 5) is 11.6. The molecular formula is C13H5F5O5. The summed E-state index contributed by atoms with van der Waals surface area (Å²) in [6, 6.07) is 1.09. The van der Waals surface area contributed by atoms with Crippen LogP contribution in [0, 0.1) is 29.1 Å². The number of benzene rings is 2. The number of ether oxygens (including phenoxy) is 1. The third kappa shape index (κ3) is 2.70. The maximum Gasteiger partial charge on any atom is 0.344 e. The summed E-state index contributed by atoms with van der Waals surface area (Å²) in [5, 5.41) is 27.5. The second-order valence-corrected chi connectivity index (χ2v) is 4.15. The third-order valence-corrected chi connectivity index (χ3v) is 2.67. The third-order valence-electron chi connectivity index (χ3n) is 2.67. The van der Waals surface area contributed by atoms with Crippen molar-refractivity contribution < 1.29 is 46.8 Å². The first kappa shape index (κ1) is 16.3. The maximum atomic E-state index is 13.4. The summed E-state index contributed by atoms with van der Waals surface area (Å²) in [5.41, 5.74) is -0.721. The van der Waals surface area contributed by atoms with E-state index >= 15 is 0 Å². The van der Waals surface area contributed by atoms with Gasteiger partial charge in [0.25, 0.3) is 0 Å². The zero-order chi connectivity index (χ0) is 17.5. The van der Waals surface area contributed by atoms with Gasteiger partial charge < -0.3 is 20.1 Å². The zero-order valence-corrected chi connectivity index (χ0v) is 10.7. The van der Waals surface area contributed by atoms with Crippen LogP contribution >= 0.6 is 0 Å². The van der Waals surface area contributed by atoms with Crippen LogP contribution in [0.4, 0.5) is 22.0 Å². The van der Waals surface area contributed by atoms with Crippen molar-refractivity contribution in [3.05, 3.63) is 46.8 Å². The lowest BCUT2D eigenvalue weighted by Crippen LogP contribution is -2.13.